The highest BCUT2D eigenvalue weighted by molar-refractivity contribution is 6.22. The molecule has 4 aromatic heterocycles. The molecule has 0 saturated carbocycles. The van der Waals surface area contributed by atoms with Gasteiger partial charge < -0.3 is 28.1 Å². The Kier molecular flexibility index (Phi) is 14.5. The van der Waals surface area contributed by atoms with Crippen molar-refractivity contribution in [3.8, 4) is 45.0 Å². The normalized spacial score (nSPS) is 12.4. The van der Waals surface area contributed by atoms with Gasteiger partial charge in [-0.3, -0.25) is 0 Å². The molecule has 1 aliphatic rings. The highest BCUT2D eigenvalue weighted by Gasteiger charge is 2.36. The minimum atomic E-state index is -0.0956. The summed E-state index contributed by atoms with van der Waals surface area (Å²) >= 11 is 0. The predicted octanol–water partition coefficient (Wildman–Crippen LogP) is 26.7. The molecule has 0 amide bonds. The van der Waals surface area contributed by atoms with Crippen LogP contribution in [0.4, 0.5) is 34.1 Å². The maximum absolute atomic E-state index is 2.43. The van der Waals surface area contributed by atoms with Crippen molar-refractivity contribution in [2.24, 2.45) is 0 Å². The third-order valence-corrected chi connectivity index (χ3v) is 21.7. The molecule has 4 heterocycles. The van der Waals surface area contributed by atoms with Crippen LogP contribution in [0, 0.1) is 0 Å². The number of nitrogens with zero attached hydrogens (tertiary/aromatic N) is 6. The summed E-state index contributed by atoms with van der Waals surface area (Å²) in [5.41, 5.74) is 28.6. The molecule has 0 atom stereocenters. The summed E-state index contributed by atoms with van der Waals surface area (Å²) in [7, 11) is 0. The van der Waals surface area contributed by atoms with E-state index in [-0.39, 0.29) is 5.41 Å². The minimum absolute atomic E-state index is 0.0956. The summed E-state index contributed by atoms with van der Waals surface area (Å²) < 4.78 is 9.69. The van der Waals surface area contributed by atoms with Crippen LogP contribution in [0.5, 0.6) is 0 Å². The van der Waals surface area contributed by atoms with Gasteiger partial charge in [0, 0.05) is 105 Å². The van der Waals surface area contributed by atoms with Gasteiger partial charge in [-0.25, -0.2) is 0 Å². The van der Waals surface area contributed by atoms with E-state index in [9.17, 15) is 0 Å². The molecule has 0 spiro atoms. The SMILES string of the molecule is CC1(C)c2ccccc2-c2ccc(N(c3ccccc3)c3ccc4c(c3)c3cc5c6ccccc6n(-c6ccccc6)c5cc3n4-c3ccccc3)cc21.c1ccc(-c2ccc3c(c2)c2cc4c5cc(N(c6ccccc6)c6ccccc6)ccc5n(-c5ccccc5)c4cc2n3-c2ccccc2)cc1. The summed E-state index contributed by atoms with van der Waals surface area (Å²) in [6.07, 6.45) is 0. The Morgan fingerprint density at radius 2 is 0.505 bits per heavy atom. The van der Waals surface area contributed by atoms with Crippen molar-refractivity contribution in [3.63, 3.8) is 0 Å². The Labute approximate surface area is 609 Å². The smallest absolute Gasteiger partial charge is 0.0562 e. The van der Waals surface area contributed by atoms with Crippen molar-refractivity contribution in [3.05, 3.63) is 399 Å². The van der Waals surface area contributed by atoms with E-state index in [1.807, 2.05) is 0 Å². The van der Waals surface area contributed by atoms with E-state index in [0.717, 1.165) is 56.9 Å². The third-order valence-electron chi connectivity index (χ3n) is 21.7. The highest BCUT2D eigenvalue weighted by Crippen LogP contribution is 2.52. The van der Waals surface area contributed by atoms with Gasteiger partial charge >= 0.3 is 0 Å². The molecule has 0 aliphatic heterocycles. The van der Waals surface area contributed by atoms with E-state index < -0.39 is 0 Å². The number of para-hydroxylation sites is 8. The van der Waals surface area contributed by atoms with Crippen LogP contribution >= 0.6 is 0 Å². The van der Waals surface area contributed by atoms with Gasteiger partial charge in [-0.15, -0.1) is 0 Å². The lowest BCUT2D eigenvalue weighted by molar-refractivity contribution is 0.660. The molecule has 6 nitrogen and oxygen atoms in total. The lowest BCUT2D eigenvalue weighted by atomic mass is 9.82. The zero-order valence-electron chi connectivity index (χ0n) is 58.1. The molecule has 0 fully saturated rings. The molecule has 105 heavy (non-hydrogen) atoms. The molecule has 0 saturated heterocycles. The summed E-state index contributed by atoms with van der Waals surface area (Å²) in [5.74, 6) is 0. The fourth-order valence-corrected chi connectivity index (χ4v) is 17.0. The molecule has 20 aromatic rings. The number of benzene rings is 16. The first-order valence-corrected chi connectivity index (χ1v) is 36.2. The van der Waals surface area contributed by atoms with Crippen LogP contribution in [-0.4, -0.2) is 18.3 Å². The summed E-state index contributed by atoms with van der Waals surface area (Å²) in [5, 5.41) is 9.87. The van der Waals surface area contributed by atoms with Crippen LogP contribution in [-0.2, 0) is 5.41 Å². The zero-order chi connectivity index (χ0) is 69.7. The van der Waals surface area contributed by atoms with Crippen LogP contribution in [0.2, 0.25) is 0 Å². The largest absolute Gasteiger partial charge is 0.310 e. The van der Waals surface area contributed by atoms with Gasteiger partial charge in [0.2, 0.25) is 0 Å². The number of anilines is 6. The maximum Gasteiger partial charge on any atom is 0.0562 e. The van der Waals surface area contributed by atoms with Crippen molar-refractivity contribution in [2.75, 3.05) is 9.80 Å². The van der Waals surface area contributed by atoms with Gasteiger partial charge in [-0.1, -0.05) is 226 Å². The lowest BCUT2D eigenvalue weighted by Crippen LogP contribution is -2.16. The minimum Gasteiger partial charge on any atom is -0.310 e. The number of fused-ring (bicyclic) bond motifs is 15. The van der Waals surface area contributed by atoms with Crippen molar-refractivity contribution in [2.45, 2.75) is 19.3 Å². The molecular formula is C99H70N6. The van der Waals surface area contributed by atoms with Crippen molar-refractivity contribution < 1.29 is 0 Å². The molecule has 0 radical (unpaired) electrons. The lowest BCUT2D eigenvalue weighted by Gasteiger charge is -2.28. The number of rotatable bonds is 11. The van der Waals surface area contributed by atoms with Gasteiger partial charge in [-0.2, -0.15) is 0 Å². The molecule has 0 N–H and O–H groups in total. The molecular weight excluding hydrogens is 1270 g/mol. The molecule has 6 heteroatoms. The topological polar surface area (TPSA) is 26.2 Å². The number of aromatic nitrogens is 4. The highest BCUT2D eigenvalue weighted by atomic mass is 15.2. The fourth-order valence-electron chi connectivity index (χ4n) is 17.0. The van der Waals surface area contributed by atoms with Crippen molar-refractivity contribution >= 4 is 121 Å². The zero-order valence-corrected chi connectivity index (χ0v) is 58.1. The first-order valence-electron chi connectivity index (χ1n) is 36.2. The molecule has 21 rings (SSSR count). The molecule has 0 unspecified atom stereocenters. The molecule has 16 aromatic carbocycles. The molecule has 0 bridgehead atoms. The predicted molar refractivity (Wildman–Crippen MR) is 443 cm³/mol. The maximum atomic E-state index is 2.43. The van der Waals surface area contributed by atoms with Gasteiger partial charge in [-0.05, 0) is 209 Å². The summed E-state index contributed by atoms with van der Waals surface area (Å²) in [6.45, 7) is 4.71. The molecule has 1 aliphatic carbocycles. The first kappa shape index (κ1) is 61.2. The third kappa shape index (κ3) is 10.1. The van der Waals surface area contributed by atoms with Gasteiger partial charge in [0.1, 0.15) is 0 Å². The second-order valence-electron chi connectivity index (χ2n) is 28.1. The standard InChI is InChI=1S/C51H37N3.C48H33N3/c1-51(2)45-24-14-12-22-39(45)40-28-26-38(31-46(40)51)52(34-16-6-3-7-17-34)37-27-29-48-42(30-37)44-32-43-41-23-13-15-25-47(41)53(35-18-8-4-9-19-35)49(43)33-50(44)54(48)36-20-10-5-11-21-36;1-6-16-34(17-7-1)35-26-28-45-41(30-35)43-32-44-42-31-40(49(36-18-8-2-9-19-36)37-20-10-3-11-21-37)27-29-46(42)51(39-24-14-5-15-25-39)48(44)33-47(43)50(45)38-22-12-4-13-23-38/h3-33H,1-2H3;1-33H. The van der Waals surface area contributed by atoms with E-state index in [1.165, 1.54) is 121 Å². The second kappa shape index (κ2) is 24.8. The van der Waals surface area contributed by atoms with Gasteiger partial charge in [0.15, 0.2) is 0 Å². The van der Waals surface area contributed by atoms with Crippen LogP contribution in [0.3, 0.4) is 0 Å². The summed E-state index contributed by atoms with van der Waals surface area (Å²) in [6, 6.07) is 141. The van der Waals surface area contributed by atoms with Crippen LogP contribution < -0.4 is 9.80 Å². The Morgan fingerprint density at radius 3 is 0.962 bits per heavy atom. The second-order valence-corrected chi connectivity index (χ2v) is 28.1. The quantitative estimate of drug-likeness (QED) is 0.129. The fraction of sp³-hybridized carbons (Fsp3) is 0.0303. The van der Waals surface area contributed by atoms with Gasteiger partial charge in [0.05, 0.1) is 44.1 Å². The van der Waals surface area contributed by atoms with E-state index in [2.05, 4.69) is 430 Å². The van der Waals surface area contributed by atoms with Crippen molar-refractivity contribution in [1.29, 1.82) is 0 Å². The van der Waals surface area contributed by atoms with E-state index in [0.29, 0.717) is 0 Å². The van der Waals surface area contributed by atoms with Gasteiger partial charge in [0.25, 0.3) is 0 Å². The van der Waals surface area contributed by atoms with Crippen LogP contribution in [0.1, 0.15) is 25.0 Å². The van der Waals surface area contributed by atoms with E-state index >= 15 is 0 Å². The monoisotopic (exact) mass is 1340 g/mol. The molecule has 496 valence electrons. The van der Waals surface area contributed by atoms with Crippen molar-refractivity contribution in [1.82, 2.24) is 18.3 Å². The Balaban J connectivity index is 0.000000140. The van der Waals surface area contributed by atoms with E-state index in [4.69, 9.17) is 0 Å². The Bertz CT molecular complexity index is 6660. The van der Waals surface area contributed by atoms with E-state index in [1.54, 1.807) is 0 Å². The van der Waals surface area contributed by atoms with Crippen LogP contribution in [0.15, 0.2) is 388 Å². The first-order chi connectivity index (χ1) is 51.9. The average Bonchev–Trinajstić information content (AvgIpc) is 1.56. The summed E-state index contributed by atoms with van der Waals surface area (Å²) in [4.78, 5) is 4.77. The Morgan fingerprint density at radius 1 is 0.190 bits per heavy atom. The number of hydrogen-bond acceptors (Lipinski definition) is 2. The average molecular weight is 1340 g/mol. The van der Waals surface area contributed by atoms with Crippen LogP contribution in [0.25, 0.3) is 132 Å². The number of hydrogen-bond donors (Lipinski definition) is 0. The Hall–Kier alpha value is -13.7.